The molecule has 0 bridgehead atoms. The molecule has 2 aromatic heterocycles. The van der Waals surface area contributed by atoms with Crippen molar-refractivity contribution >= 4 is 44.6 Å². The highest BCUT2D eigenvalue weighted by Crippen LogP contribution is 2.28. The first-order valence-corrected chi connectivity index (χ1v) is 12.0. The molecule has 1 aromatic carbocycles. The van der Waals surface area contributed by atoms with Gasteiger partial charge in [-0.1, -0.05) is 25.4 Å². The monoisotopic (exact) mass is 464 g/mol. The number of amides is 1. The molecule has 0 aliphatic carbocycles. The SMILES string of the molecule is CCN(CC)S(=O)(=O)c1ccc(Cl)c(NC(=O)Cc2csc(-c3cccnc3)n2)c1. The Kier molecular flexibility index (Phi) is 7.19. The Balaban J connectivity index is 1.75. The van der Waals surface area contributed by atoms with Crippen LogP contribution in [0.2, 0.25) is 5.02 Å². The Bertz CT molecular complexity index is 1130. The lowest BCUT2D eigenvalue weighted by atomic mass is 10.2. The lowest BCUT2D eigenvalue weighted by Gasteiger charge is -2.19. The van der Waals surface area contributed by atoms with E-state index in [1.807, 2.05) is 17.5 Å². The molecule has 3 aromatic rings. The van der Waals surface area contributed by atoms with Gasteiger partial charge in [0.15, 0.2) is 0 Å². The minimum atomic E-state index is -3.66. The van der Waals surface area contributed by atoms with Gasteiger partial charge in [0.2, 0.25) is 15.9 Å². The number of sulfonamides is 1. The maximum absolute atomic E-state index is 12.7. The fourth-order valence-corrected chi connectivity index (χ4v) is 5.30. The number of carbonyl (C=O) groups excluding carboxylic acids is 1. The first kappa shape index (κ1) is 22.4. The third-order valence-electron chi connectivity index (χ3n) is 4.36. The second-order valence-corrected chi connectivity index (χ2v) is 9.54. The van der Waals surface area contributed by atoms with Gasteiger partial charge in [0.25, 0.3) is 0 Å². The lowest BCUT2D eigenvalue weighted by molar-refractivity contribution is -0.115. The van der Waals surface area contributed by atoms with E-state index in [0.29, 0.717) is 18.8 Å². The van der Waals surface area contributed by atoms with E-state index >= 15 is 0 Å². The summed E-state index contributed by atoms with van der Waals surface area (Å²) in [7, 11) is -3.66. The predicted molar refractivity (Wildman–Crippen MR) is 119 cm³/mol. The van der Waals surface area contributed by atoms with Gasteiger partial charge in [0.1, 0.15) is 5.01 Å². The van der Waals surface area contributed by atoms with Gasteiger partial charge in [-0.2, -0.15) is 4.31 Å². The van der Waals surface area contributed by atoms with Gasteiger partial charge in [-0.15, -0.1) is 11.3 Å². The van der Waals surface area contributed by atoms with Gasteiger partial charge < -0.3 is 5.32 Å². The summed E-state index contributed by atoms with van der Waals surface area (Å²) in [5.74, 6) is -0.336. The molecule has 158 valence electrons. The van der Waals surface area contributed by atoms with E-state index < -0.39 is 10.0 Å². The van der Waals surface area contributed by atoms with Crippen molar-refractivity contribution in [3.05, 3.63) is 58.8 Å². The number of anilines is 1. The third kappa shape index (κ3) is 5.04. The minimum absolute atomic E-state index is 0.0418. The number of carbonyl (C=O) groups is 1. The van der Waals surface area contributed by atoms with Crippen molar-refractivity contribution in [1.29, 1.82) is 0 Å². The number of aromatic nitrogens is 2. The smallest absolute Gasteiger partial charge is 0.243 e. The van der Waals surface area contributed by atoms with Crippen LogP contribution < -0.4 is 5.32 Å². The molecule has 0 saturated carbocycles. The molecular formula is C20H21ClN4O3S2. The number of nitrogens with one attached hydrogen (secondary N) is 1. The Labute approximate surface area is 184 Å². The van der Waals surface area contributed by atoms with Crippen molar-refractivity contribution in [3.8, 4) is 10.6 Å². The van der Waals surface area contributed by atoms with Crippen LogP contribution in [0.25, 0.3) is 10.6 Å². The molecule has 3 rings (SSSR count). The number of benzene rings is 1. The maximum atomic E-state index is 12.7. The van der Waals surface area contributed by atoms with Crippen LogP contribution in [-0.4, -0.2) is 41.7 Å². The van der Waals surface area contributed by atoms with Crippen LogP contribution in [0.3, 0.4) is 0 Å². The molecule has 0 spiro atoms. The number of rotatable bonds is 8. The Morgan fingerprint density at radius 3 is 2.67 bits per heavy atom. The fraction of sp³-hybridized carbons (Fsp3) is 0.250. The third-order valence-corrected chi connectivity index (χ3v) is 7.67. The van der Waals surface area contributed by atoms with E-state index in [-0.39, 0.29) is 27.9 Å². The summed E-state index contributed by atoms with van der Waals surface area (Å²) in [6.07, 6.45) is 3.44. The number of nitrogens with zero attached hydrogens (tertiary/aromatic N) is 3. The van der Waals surface area contributed by atoms with Gasteiger partial charge in [-0.05, 0) is 30.3 Å². The minimum Gasteiger partial charge on any atom is -0.324 e. The summed E-state index contributed by atoms with van der Waals surface area (Å²) < 4.78 is 26.8. The standard InChI is InChI=1S/C20H21ClN4O3S2/c1-3-25(4-2)30(27,28)16-7-8-17(21)18(11-16)24-19(26)10-15-13-29-20(23-15)14-6-5-9-22-12-14/h5-9,11-13H,3-4,10H2,1-2H3,(H,24,26). The predicted octanol–water partition coefficient (Wildman–Crippen LogP) is 4.07. The lowest BCUT2D eigenvalue weighted by Crippen LogP contribution is -2.30. The molecule has 0 aliphatic heterocycles. The van der Waals surface area contributed by atoms with Gasteiger partial charge in [-0.25, -0.2) is 13.4 Å². The molecule has 30 heavy (non-hydrogen) atoms. The average molecular weight is 465 g/mol. The number of pyridine rings is 1. The van der Waals surface area contributed by atoms with Crippen LogP contribution in [-0.2, 0) is 21.2 Å². The van der Waals surface area contributed by atoms with Crippen molar-refractivity contribution in [1.82, 2.24) is 14.3 Å². The molecule has 0 unspecified atom stereocenters. The van der Waals surface area contributed by atoms with Crippen molar-refractivity contribution in [2.45, 2.75) is 25.2 Å². The molecule has 7 nitrogen and oxygen atoms in total. The van der Waals surface area contributed by atoms with Crippen molar-refractivity contribution in [2.24, 2.45) is 0 Å². The van der Waals surface area contributed by atoms with E-state index in [1.165, 1.54) is 33.8 Å². The first-order chi connectivity index (χ1) is 14.3. The topological polar surface area (TPSA) is 92.3 Å². The van der Waals surface area contributed by atoms with E-state index in [1.54, 1.807) is 26.2 Å². The summed E-state index contributed by atoms with van der Waals surface area (Å²) in [6, 6.07) is 8.01. The van der Waals surface area contributed by atoms with Gasteiger partial charge in [-0.3, -0.25) is 9.78 Å². The molecule has 0 atom stereocenters. The molecule has 0 fully saturated rings. The molecule has 0 radical (unpaired) electrons. The van der Waals surface area contributed by atoms with E-state index in [0.717, 1.165) is 10.6 Å². The average Bonchev–Trinajstić information content (AvgIpc) is 3.19. The van der Waals surface area contributed by atoms with E-state index in [4.69, 9.17) is 11.6 Å². The summed E-state index contributed by atoms with van der Waals surface area (Å²) in [4.78, 5) is 21.1. The maximum Gasteiger partial charge on any atom is 0.243 e. The number of hydrogen-bond acceptors (Lipinski definition) is 6. The highest BCUT2D eigenvalue weighted by Gasteiger charge is 2.23. The molecule has 0 aliphatic rings. The summed E-state index contributed by atoms with van der Waals surface area (Å²) in [6.45, 7) is 4.25. The number of thiazole rings is 1. The quantitative estimate of drug-likeness (QED) is 0.542. The summed E-state index contributed by atoms with van der Waals surface area (Å²) in [5, 5.41) is 5.54. The molecule has 10 heteroatoms. The van der Waals surface area contributed by atoms with Gasteiger partial charge in [0.05, 0.1) is 27.7 Å². The van der Waals surface area contributed by atoms with Gasteiger partial charge in [0, 0.05) is 36.4 Å². The summed E-state index contributed by atoms with van der Waals surface area (Å²) >= 11 is 7.61. The first-order valence-electron chi connectivity index (χ1n) is 9.29. The van der Waals surface area contributed by atoms with Crippen LogP contribution >= 0.6 is 22.9 Å². The van der Waals surface area contributed by atoms with Gasteiger partial charge >= 0.3 is 0 Å². The molecular weight excluding hydrogens is 444 g/mol. The highest BCUT2D eigenvalue weighted by molar-refractivity contribution is 7.89. The van der Waals surface area contributed by atoms with Crippen LogP contribution in [0.5, 0.6) is 0 Å². The molecule has 1 N–H and O–H groups in total. The molecule has 2 heterocycles. The van der Waals surface area contributed by atoms with Crippen LogP contribution in [0.4, 0.5) is 5.69 Å². The van der Waals surface area contributed by atoms with Crippen LogP contribution in [0, 0.1) is 0 Å². The fourth-order valence-electron chi connectivity index (χ4n) is 2.84. The zero-order valence-corrected chi connectivity index (χ0v) is 18.9. The second kappa shape index (κ2) is 9.65. The largest absolute Gasteiger partial charge is 0.324 e. The Hall–Kier alpha value is -2.33. The zero-order chi connectivity index (χ0) is 21.7. The normalized spacial score (nSPS) is 11.6. The second-order valence-electron chi connectivity index (χ2n) is 6.34. The molecule has 1 amide bonds. The van der Waals surface area contributed by atoms with Crippen LogP contribution in [0.15, 0.2) is 53.0 Å². The van der Waals surface area contributed by atoms with Crippen molar-refractivity contribution in [2.75, 3.05) is 18.4 Å². The van der Waals surface area contributed by atoms with Crippen molar-refractivity contribution < 1.29 is 13.2 Å². The Morgan fingerprint density at radius 2 is 2.00 bits per heavy atom. The van der Waals surface area contributed by atoms with Crippen molar-refractivity contribution in [3.63, 3.8) is 0 Å². The van der Waals surface area contributed by atoms with Crippen LogP contribution in [0.1, 0.15) is 19.5 Å². The zero-order valence-electron chi connectivity index (χ0n) is 16.5. The highest BCUT2D eigenvalue weighted by atomic mass is 35.5. The number of hydrogen-bond donors (Lipinski definition) is 1. The Morgan fingerprint density at radius 1 is 1.23 bits per heavy atom. The van der Waals surface area contributed by atoms with E-state index in [2.05, 4.69) is 15.3 Å². The van der Waals surface area contributed by atoms with E-state index in [9.17, 15) is 13.2 Å². The molecule has 0 saturated heterocycles. The number of halogens is 1. The summed E-state index contributed by atoms with van der Waals surface area (Å²) in [5.41, 5.74) is 1.74.